The molecule has 0 saturated carbocycles. The molecule has 0 unspecified atom stereocenters. The van der Waals surface area contributed by atoms with Crippen LogP contribution >= 0.6 is 11.8 Å². The van der Waals surface area contributed by atoms with E-state index in [1.165, 1.54) is 0 Å². The molecule has 0 radical (unpaired) electrons. The van der Waals surface area contributed by atoms with Crippen LogP contribution in [0.25, 0.3) is 0 Å². The maximum Gasteiger partial charge on any atom is 0.315 e. The SMILES string of the molecule is CCOC(=O)CS[C@H]1CC(=O)N(c2ccccc2OCC)C1=O. The van der Waals surface area contributed by atoms with Gasteiger partial charge in [-0.1, -0.05) is 12.1 Å². The maximum absolute atomic E-state index is 12.5. The van der Waals surface area contributed by atoms with Crippen LogP contribution < -0.4 is 9.64 Å². The quantitative estimate of drug-likeness (QED) is 0.560. The van der Waals surface area contributed by atoms with E-state index in [4.69, 9.17) is 9.47 Å². The summed E-state index contributed by atoms with van der Waals surface area (Å²) in [5.74, 6) is -0.447. The molecular formula is C16H19NO5S. The first-order valence-corrected chi connectivity index (χ1v) is 8.49. The smallest absolute Gasteiger partial charge is 0.315 e. The third kappa shape index (κ3) is 4.04. The fraction of sp³-hybridized carbons (Fsp3) is 0.438. The highest BCUT2D eigenvalue weighted by Gasteiger charge is 2.41. The van der Waals surface area contributed by atoms with Crippen LogP contribution in [0, 0.1) is 0 Å². The molecule has 1 heterocycles. The van der Waals surface area contributed by atoms with Gasteiger partial charge in [-0.3, -0.25) is 14.4 Å². The number of carbonyl (C=O) groups is 3. The molecule has 7 heteroatoms. The van der Waals surface area contributed by atoms with Crippen LogP contribution in [-0.4, -0.2) is 42.0 Å². The number of imide groups is 1. The van der Waals surface area contributed by atoms with Gasteiger partial charge in [-0.2, -0.15) is 0 Å². The summed E-state index contributed by atoms with van der Waals surface area (Å²) < 4.78 is 10.3. The number of ether oxygens (including phenoxy) is 2. The molecule has 1 aliphatic heterocycles. The number of rotatable bonds is 7. The van der Waals surface area contributed by atoms with Gasteiger partial charge < -0.3 is 9.47 Å². The van der Waals surface area contributed by atoms with Crippen LogP contribution in [-0.2, 0) is 19.1 Å². The minimum atomic E-state index is -0.568. The van der Waals surface area contributed by atoms with Gasteiger partial charge in [0.1, 0.15) is 5.75 Å². The Morgan fingerprint density at radius 3 is 2.70 bits per heavy atom. The molecule has 0 N–H and O–H groups in total. The molecule has 1 aromatic carbocycles. The summed E-state index contributed by atoms with van der Waals surface area (Å²) in [5.41, 5.74) is 0.448. The van der Waals surface area contributed by atoms with Gasteiger partial charge in [-0.25, -0.2) is 4.90 Å². The Morgan fingerprint density at radius 2 is 2.00 bits per heavy atom. The minimum absolute atomic E-state index is 0.0540. The number of hydrogen-bond acceptors (Lipinski definition) is 6. The van der Waals surface area contributed by atoms with Crippen molar-refractivity contribution in [1.29, 1.82) is 0 Å². The van der Waals surface area contributed by atoms with Gasteiger partial charge in [0.25, 0.3) is 0 Å². The summed E-state index contributed by atoms with van der Waals surface area (Å²) >= 11 is 1.13. The molecule has 6 nitrogen and oxygen atoms in total. The van der Waals surface area contributed by atoms with Crippen molar-refractivity contribution in [2.75, 3.05) is 23.9 Å². The number of benzene rings is 1. The van der Waals surface area contributed by atoms with Crippen molar-refractivity contribution < 1.29 is 23.9 Å². The zero-order valence-electron chi connectivity index (χ0n) is 13.1. The molecule has 0 aromatic heterocycles. The first kappa shape index (κ1) is 17.3. The lowest BCUT2D eigenvalue weighted by Gasteiger charge is -2.18. The molecule has 0 spiro atoms. The van der Waals surface area contributed by atoms with E-state index >= 15 is 0 Å². The summed E-state index contributed by atoms with van der Waals surface area (Å²) in [6.45, 7) is 4.29. The molecule has 124 valence electrons. The second-order valence-corrected chi connectivity index (χ2v) is 5.97. The fourth-order valence-corrected chi connectivity index (χ4v) is 3.21. The maximum atomic E-state index is 12.5. The third-order valence-corrected chi connectivity index (χ3v) is 4.39. The summed E-state index contributed by atoms with van der Waals surface area (Å²) in [5, 5.41) is -0.568. The van der Waals surface area contributed by atoms with Gasteiger partial charge >= 0.3 is 5.97 Å². The van der Waals surface area contributed by atoms with Gasteiger partial charge in [0.15, 0.2) is 0 Å². The summed E-state index contributed by atoms with van der Waals surface area (Å²) in [6.07, 6.45) is 0.0728. The third-order valence-electron chi connectivity index (χ3n) is 3.22. The second kappa shape index (κ2) is 8.01. The van der Waals surface area contributed by atoms with Crippen molar-refractivity contribution in [3.05, 3.63) is 24.3 Å². The molecule has 1 saturated heterocycles. The number of carbonyl (C=O) groups excluding carboxylic acids is 3. The van der Waals surface area contributed by atoms with E-state index in [2.05, 4.69) is 0 Å². The number of anilines is 1. The molecule has 2 rings (SSSR count). The van der Waals surface area contributed by atoms with E-state index in [0.717, 1.165) is 16.7 Å². The Kier molecular flexibility index (Phi) is 6.04. The molecule has 2 amide bonds. The van der Waals surface area contributed by atoms with E-state index in [9.17, 15) is 14.4 Å². The lowest BCUT2D eigenvalue weighted by atomic mass is 10.2. The van der Waals surface area contributed by atoms with E-state index in [1.807, 2.05) is 6.92 Å². The van der Waals surface area contributed by atoms with Gasteiger partial charge in [0.2, 0.25) is 11.8 Å². The highest BCUT2D eigenvalue weighted by Crippen LogP contribution is 2.35. The predicted molar refractivity (Wildman–Crippen MR) is 87.6 cm³/mol. The number of esters is 1. The second-order valence-electron chi connectivity index (χ2n) is 4.78. The average Bonchev–Trinajstić information content (AvgIpc) is 2.81. The van der Waals surface area contributed by atoms with E-state index < -0.39 is 5.25 Å². The molecule has 23 heavy (non-hydrogen) atoms. The lowest BCUT2D eigenvalue weighted by Crippen LogP contribution is -2.31. The zero-order valence-corrected chi connectivity index (χ0v) is 13.9. The molecular weight excluding hydrogens is 318 g/mol. The van der Waals surface area contributed by atoms with Crippen molar-refractivity contribution in [1.82, 2.24) is 0 Å². The Balaban J connectivity index is 2.11. The van der Waals surface area contributed by atoms with Crippen molar-refractivity contribution >= 4 is 35.2 Å². The molecule has 0 aliphatic carbocycles. The van der Waals surface area contributed by atoms with Crippen LogP contribution in [0.1, 0.15) is 20.3 Å². The van der Waals surface area contributed by atoms with Crippen molar-refractivity contribution in [3.8, 4) is 5.75 Å². The van der Waals surface area contributed by atoms with Crippen molar-refractivity contribution in [3.63, 3.8) is 0 Å². The topological polar surface area (TPSA) is 72.9 Å². The van der Waals surface area contributed by atoms with Crippen LogP contribution in [0.15, 0.2) is 24.3 Å². The lowest BCUT2D eigenvalue weighted by molar-refractivity contribution is -0.139. The number of nitrogens with zero attached hydrogens (tertiary/aromatic N) is 1. The number of para-hydroxylation sites is 2. The molecule has 1 fully saturated rings. The van der Waals surface area contributed by atoms with Gasteiger partial charge in [0, 0.05) is 6.42 Å². The summed E-state index contributed by atoms with van der Waals surface area (Å²) in [4.78, 5) is 37.3. The molecule has 1 atom stereocenters. The first-order chi connectivity index (χ1) is 11.1. The number of amides is 2. The monoisotopic (exact) mass is 337 g/mol. The average molecular weight is 337 g/mol. The Bertz CT molecular complexity index is 604. The minimum Gasteiger partial charge on any atom is -0.492 e. The van der Waals surface area contributed by atoms with Crippen LogP contribution in [0.4, 0.5) is 5.69 Å². The van der Waals surface area contributed by atoms with Crippen molar-refractivity contribution in [2.45, 2.75) is 25.5 Å². The van der Waals surface area contributed by atoms with E-state index in [-0.39, 0.29) is 30.0 Å². The van der Waals surface area contributed by atoms with Crippen molar-refractivity contribution in [2.24, 2.45) is 0 Å². The van der Waals surface area contributed by atoms with Gasteiger partial charge in [-0.05, 0) is 26.0 Å². The Labute approximate surface area is 139 Å². The molecule has 0 bridgehead atoms. The van der Waals surface area contributed by atoms with Crippen LogP contribution in [0.3, 0.4) is 0 Å². The normalized spacial score (nSPS) is 17.5. The molecule has 1 aliphatic rings. The number of thioether (sulfide) groups is 1. The Morgan fingerprint density at radius 1 is 1.26 bits per heavy atom. The fourth-order valence-electron chi connectivity index (χ4n) is 2.28. The highest BCUT2D eigenvalue weighted by molar-refractivity contribution is 8.01. The van der Waals surface area contributed by atoms with E-state index in [0.29, 0.717) is 24.7 Å². The van der Waals surface area contributed by atoms with Gasteiger partial charge in [-0.15, -0.1) is 11.8 Å². The molecule has 1 aromatic rings. The predicted octanol–water partition coefficient (Wildman–Crippen LogP) is 2.01. The number of hydrogen-bond donors (Lipinski definition) is 0. The van der Waals surface area contributed by atoms with E-state index in [1.54, 1.807) is 31.2 Å². The zero-order chi connectivity index (χ0) is 16.8. The summed E-state index contributed by atoms with van der Waals surface area (Å²) in [7, 11) is 0. The largest absolute Gasteiger partial charge is 0.492 e. The standard InChI is InChI=1S/C16H19NO5S/c1-3-21-12-8-6-5-7-11(12)17-14(18)9-13(16(17)20)23-10-15(19)22-4-2/h5-8,13H,3-4,9-10H2,1-2H3/t13-/m0/s1. The highest BCUT2D eigenvalue weighted by atomic mass is 32.2. The van der Waals surface area contributed by atoms with Crippen LogP contribution in [0.5, 0.6) is 5.75 Å². The summed E-state index contributed by atoms with van der Waals surface area (Å²) in [6, 6.07) is 6.93. The van der Waals surface area contributed by atoms with Crippen LogP contribution in [0.2, 0.25) is 0 Å². The first-order valence-electron chi connectivity index (χ1n) is 7.44. The van der Waals surface area contributed by atoms with Gasteiger partial charge in [0.05, 0.1) is 29.9 Å². The Hall–Kier alpha value is -2.02.